The van der Waals surface area contributed by atoms with Crippen molar-refractivity contribution >= 4 is 23.1 Å². The monoisotopic (exact) mass is 290 g/mol. The molecule has 2 atom stereocenters. The number of carbonyl (C=O) groups excluding carboxylic acids is 2. The predicted octanol–water partition coefficient (Wildman–Crippen LogP) is 2.70. The second kappa shape index (κ2) is 3.97. The van der Waals surface area contributed by atoms with Crippen LogP contribution >= 0.6 is 0 Å². The van der Waals surface area contributed by atoms with Gasteiger partial charge in [0.2, 0.25) is 0 Å². The van der Waals surface area contributed by atoms with Crippen molar-refractivity contribution in [3.8, 4) is 0 Å². The zero-order chi connectivity index (χ0) is 14.8. The number of ketones is 1. The number of nitrogens with zero attached hydrogens (tertiary/aromatic N) is 2. The van der Waals surface area contributed by atoms with Gasteiger partial charge in [0.1, 0.15) is 6.17 Å². The van der Waals surface area contributed by atoms with Gasteiger partial charge in [0.15, 0.2) is 5.78 Å². The van der Waals surface area contributed by atoms with Gasteiger partial charge in [-0.15, -0.1) is 0 Å². The average molecular weight is 290 g/mol. The largest absolute Gasteiger partial charge is 0.349 e. The van der Waals surface area contributed by atoms with Crippen LogP contribution < -0.4 is 9.80 Å². The van der Waals surface area contributed by atoms with E-state index in [0.29, 0.717) is 5.56 Å². The lowest BCUT2D eigenvalue weighted by Crippen LogP contribution is -2.58. The molecule has 5 rings (SSSR count). The molecule has 3 heterocycles. The van der Waals surface area contributed by atoms with E-state index in [4.69, 9.17) is 0 Å². The molecule has 22 heavy (non-hydrogen) atoms. The van der Waals surface area contributed by atoms with Crippen LogP contribution in [0.3, 0.4) is 0 Å². The Kier molecular flexibility index (Phi) is 2.16. The van der Waals surface area contributed by atoms with E-state index < -0.39 is 0 Å². The van der Waals surface area contributed by atoms with Crippen molar-refractivity contribution in [2.45, 2.75) is 12.6 Å². The molecule has 0 radical (unpaired) electrons. The SMILES string of the molecule is O=C1c2ccccc2N2C(=O)c3ccccc3N3CCC1[C@@H]32. The normalized spacial score (nSPS) is 24.9. The number of para-hydroxylation sites is 2. The molecule has 1 amide bonds. The molecule has 108 valence electrons. The summed E-state index contributed by atoms with van der Waals surface area (Å²) < 4.78 is 0. The summed E-state index contributed by atoms with van der Waals surface area (Å²) in [7, 11) is 0. The van der Waals surface area contributed by atoms with Gasteiger partial charge < -0.3 is 4.90 Å². The first-order chi connectivity index (χ1) is 10.8. The summed E-state index contributed by atoms with van der Waals surface area (Å²) in [5, 5.41) is 0. The van der Waals surface area contributed by atoms with E-state index in [1.165, 1.54) is 0 Å². The van der Waals surface area contributed by atoms with Crippen LogP contribution in [0.4, 0.5) is 11.4 Å². The Balaban J connectivity index is 1.80. The Labute approximate surface area is 128 Å². The quantitative estimate of drug-likeness (QED) is 0.749. The maximum Gasteiger partial charge on any atom is 0.262 e. The van der Waals surface area contributed by atoms with Crippen molar-refractivity contribution in [2.75, 3.05) is 16.3 Å². The fourth-order valence-electron chi connectivity index (χ4n) is 4.12. The maximum absolute atomic E-state index is 13.0. The van der Waals surface area contributed by atoms with Crippen molar-refractivity contribution in [3.63, 3.8) is 0 Å². The molecule has 2 aromatic carbocycles. The molecule has 0 aromatic heterocycles. The molecular weight excluding hydrogens is 276 g/mol. The highest BCUT2D eigenvalue weighted by Crippen LogP contribution is 2.46. The van der Waals surface area contributed by atoms with Gasteiger partial charge in [0, 0.05) is 12.1 Å². The van der Waals surface area contributed by atoms with Crippen LogP contribution in [0.15, 0.2) is 48.5 Å². The molecule has 4 nitrogen and oxygen atoms in total. The number of rotatable bonds is 0. The highest BCUT2D eigenvalue weighted by Gasteiger charge is 2.52. The van der Waals surface area contributed by atoms with Crippen LogP contribution in [-0.4, -0.2) is 24.4 Å². The van der Waals surface area contributed by atoms with E-state index in [1.807, 2.05) is 53.4 Å². The smallest absolute Gasteiger partial charge is 0.262 e. The third-order valence-electron chi connectivity index (χ3n) is 5.05. The van der Waals surface area contributed by atoms with Crippen LogP contribution in [0.5, 0.6) is 0 Å². The van der Waals surface area contributed by atoms with E-state index in [0.717, 1.165) is 29.9 Å². The van der Waals surface area contributed by atoms with Gasteiger partial charge in [0.05, 0.1) is 22.9 Å². The molecular formula is C18H14N2O2. The summed E-state index contributed by atoms with van der Waals surface area (Å²) >= 11 is 0. The van der Waals surface area contributed by atoms with Crippen molar-refractivity contribution in [1.29, 1.82) is 0 Å². The third kappa shape index (κ3) is 1.28. The van der Waals surface area contributed by atoms with E-state index in [2.05, 4.69) is 4.90 Å². The zero-order valence-electron chi connectivity index (χ0n) is 11.9. The maximum atomic E-state index is 13.0. The number of fused-ring (bicyclic) bond motifs is 4. The minimum atomic E-state index is -0.162. The van der Waals surface area contributed by atoms with E-state index in [9.17, 15) is 9.59 Å². The third-order valence-corrected chi connectivity index (χ3v) is 5.05. The highest BCUT2D eigenvalue weighted by molar-refractivity contribution is 6.18. The molecule has 1 saturated heterocycles. The number of benzene rings is 2. The van der Waals surface area contributed by atoms with E-state index in [-0.39, 0.29) is 23.8 Å². The molecule has 0 bridgehead atoms. The lowest BCUT2D eigenvalue weighted by molar-refractivity contribution is 0.0874. The molecule has 0 saturated carbocycles. The number of hydrogen-bond acceptors (Lipinski definition) is 3. The second-order valence-corrected chi connectivity index (χ2v) is 6.08. The molecule has 0 spiro atoms. The van der Waals surface area contributed by atoms with E-state index in [1.54, 1.807) is 0 Å². The van der Waals surface area contributed by atoms with Crippen LogP contribution in [0, 0.1) is 5.92 Å². The standard InChI is InChI=1S/C18H14N2O2/c21-16-11-5-1-4-8-15(11)20-17-13(16)9-10-19(17)14-7-3-2-6-12(14)18(20)22/h1-8,13,17H,9-10H2/t13?,17-/m0/s1. The summed E-state index contributed by atoms with van der Waals surface area (Å²) in [6.45, 7) is 0.815. The van der Waals surface area contributed by atoms with Gasteiger partial charge >= 0.3 is 0 Å². The average Bonchev–Trinajstić information content (AvgIpc) is 3.00. The van der Waals surface area contributed by atoms with Crippen LogP contribution in [0.2, 0.25) is 0 Å². The molecule has 3 aliphatic heterocycles. The number of amides is 1. The first-order valence-corrected chi connectivity index (χ1v) is 7.60. The van der Waals surface area contributed by atoms with Crippen LogP contribution in [0.1, 0.15) is 27.1 Å². The number of Topliss-reactive ketones (excluding diaryl/α,β-unsaturated/α-hetero) is 1. The van der Waals surface area contributed by atoms with Gasteiger partial charge in [-0.2, -0.15) is 0 Å². The Morgan fingerprint density at radius 1 is 0.864 bits per heavy atom. The number of carbonyl (C=O) groups is 2. The summed E-state index contributed by atoms with van der Waals surface area (Å²) in [5.41, 5.74) is 3.12. The number of hydrogen-bond donors (Lipinski definition) is 0. The number of anilines is 2. The summed E-state index contributed by atoms with van der Waals surface area (Å²) in [4.78, 5) is 29.9. The molecule has 4 heteroatoms. The Morgan fingerprint density at radius 3 is 2.36 bits per heavy atom. The summed E-state index contributed by atoms with van der Waals surface area (Å²) in [5.74, 6) is 0.0578. The second-order valence-electron chi connectivity index (χ2n) is 6.08. The first kappa shape index (κ1) is 12.0. The Hall–Kier alpha value is -2.62. The molecule has 0 aliphatic carbocycles. The van der Waals surface area contributed by atoms with Gasteiger partial charge in [-0.3, -0.25) is 14.5 Å². The van der Waals surface area contributed by atoms with Crippen LogP contribution in [0.25, 0.3) is 0 Å². The van der Waals surface area contributed by atoms with Crippen molar-refractivity contribution in [1.82, 2.24) is 0 Å². The topological polar surface area (TPSA) is 40.6 Å². The molecule has 3 aliphatic rings. The minimum absolute atomic E-state index is 0.00343. The van der Waals surface area contributed by atoms with Crippen LogP contribution in [-0.2, 0) is 0 Å². The highest BCUT2D eigenvalue weighted by atomic mass is 16.2. The Bertz CT molecular complexity index is 829. The zero-order valence-corrected chi connectivity index (χ0v) is 11.9. The van der Waals surface area contributed by atoms with Gasteiger partial charge in [-0.1, -0.05) is 24.3 Å². The van der Waals surface area contributed by atoms with E-state index >= 15 is 0 Å². The summed E-state index contributed by atoms with van der Waals surface area (Å²) in [6, 6.07) is 15.2. The lowest BCUT2D eigenvalue weighted by atomic mass is 9.86. The molecule has 1 fully saturated rings. The predicted molar refractivity (Wildman–Crippen MR) is 83.3 cm³/mol. The lowest BCUT2D eigenvalue weighted by Gasteiger charge is -2.46. The Morgan fingerprint density at radius 2 is 1.55 bits per heavy atom. The fourth-order valence-corrected chi connectivity index (χ4v) is 4.12. The molecule has 1 unspecified atom stereocenters. The van der Waals surface area contributed by atoms with Gasteiger partial charge in [-0.25, -0.2) is 0 Å². The van der Waals surface area contributed by atoms with Gasteiger partial charge in [0.25, 0.3) is 5.91 Å². The van der Waals surface area contributed by atoms with Crippen molar-refractivity contribution in [3.05, 3.63) is 59.7 Å². The fraction of sp³-hybridized carbons (Fsp3) is 0.222. The van der Waals surface area contributed by atoms with Crippen molar-refractivity contribution in [2.24, 2.45) is 5.92 Å². The molecule has 0 N–H and O–H groups in total. The first-order valence-electron chi connectivity index (χ1n) is 7.60. The summed E-state index contributed by atoms with van der Waals surface area (Å²) in [6.07, 6.45) is 0.639. The van der Waals surface area contributed by atoms with Crippen molar-refractivity contribution < 1.29 is 9.59 Å². The minimum Gasteiger partial charge on any atom is -0.349 e. The molecule has 2 aromatic rings. The van der Waals surface area contributed by atoms with Gasteiger partial charge in [-0.05, 0) is 30.7 Å².